The molecule has 7 nitrogen and oxygen atoms in total. The molecule has 0 unspecified atom stereocenters. The number of hydrogen-bond donors (Lipinski definition) is 1. The smallest absolute Gasteiger partial charge is 0.348 e. The molecular weight excluding hydrogens is 444 g/mol. The van der Waals surface area contributed by atoms with Crippen LogP contribution in [0, 0.1) is 11.3 Å². The van der Waals surface area contributed by atoms with Gasteiger partial charge < -0.3 is 10.5 Å². The number of carbonyl (C=O) groups excluding carboxylic acids is 1. The number of nitrogens with zero attached hydrogens (tertiary/aromatic N) is 3. The van der Waals surface area contributed by atoms with Gasteiger partial charge >= 0.3 is 5.97 Å². The monoisotopic (exact) mass is 462 g/mol. The highest BCUT2D eigenvalue weighted by molar-refractivity contribution is 7.98. The predicted molar refractivity (Wildman–Crippen MR) is 126 cm³/mol. The maximum Gasteiger partial charge on any atom is 0.348 e. The average Bonchev–Trinajstić information content (AvgIpc) is 3.13. The average molecular weight is 463 g/mol. The highest BCUT2D eigenvalue weighted by atomic mass is 32.2. The number of carbonyl (C=O) groups is 1. The molecule has 0 aliphatic rings. The Bertz CT molecular complexity index is 1400. The lowest BCUT2D eigenvalue weighted by Crippen LogP contribution is -2.21. The number of thioether (sulfide) groups is 1. The third kappa shape index (κ3) is 3.98. The van der Waals surface area contributed by atoms with Crippen molar-refractivity contribution < 1.29 is 9.53 Å². The fraction of sp³-hybridized carbons (Fsp3) is 0.130. The molecule has 2 aromatic heterocycles. The van der Waals surface area contributed by atoms with E-state index >= 15 is 0 Å². The predicted octanol–water partition coefficient (Wildman–Crippen LogP) is 4.37. The van der Waals surface area contributed by atoms with Crippen LogP contribution < -0.4 is 11.3 Å². The summed E-state index contributed by atoms with van der Waals surface area (Å²) in [6.45, 7) is 1.93. The van der Waals surface area contributed by atoms with E-state index in [2.05, 4.69) is 6.07 Å². The Balaban J connectivity index is 1.82. The first-order valence-corrected chi connectivity index (χ1v) is 11.5. The summed E-state index contributed by atoms with van der Waals surface area (Å²) in [6, 6.07) is 18.4. The first kappa shape index (κ1) is 21.6. The van der Waals surface area contributed by atoms with Gasteiger partial charge in [0.1, 0.15) is 15.9 Å². The molecule has 0 bridgehead atoms. The Morgan fingerprint density at radius 3 is 2.66 bits per heavy atom. The lowest BCUT2D eigenvalue weighted by molar-refractivity contribution is 0.0531. The number of ether oxygens (including phenoxy) is 1. The van der Waals surface area contributed by atoms with Gasteiger partial charge in [-0.3, -0.25) is 9.36 Å². The van der Waals surface area contributed by atoms with Crippen LogP contribution in [0.15, 0.2) is 64.5 Å². The number of hydrogen-bond acceptors (Lipinski definition) is 8. The van der Waals surface area contributed by atoms with Crippen LogP contribution in [0.1, 0.15) is 27.7 Å². The Morgan fingerprint density at radius 1 is 1.22 bits per heavy atom. The molecule has 0 saturated heterocycles. The fourth-order valence-electron chi connectivity index (χ4n) is 3.26. The van der Waals surface area contributed by atoms with Gasteiger partial charge in [0.2, 0.25) is 0 Å². The minimum absolute atomic E-state index is 0.194. The number of rotatable bonds is 6. The number of fused-ring (bicyclic) bond motifs is 1. The number of nitrogens with two attached hydrogens (primary N) is 1. The van der Waals surface area contributed by atoms with Crippen molar-refractivity contribution >= 4 is 45.0 Å². The van der Waals surface area contributed by atoms with E-state index in [0.29, 0.717) is 32.2 Å². The van der Waals surface area contributed by atoms with Crippen LogP contribution in [0.3, 0.4) is 0 Å². The van der Waals surface area contributed by atoms with E-state index in [4.69, 9.17) is 15.5 Å². The van der Waals surface area contributed by atoms with Crippen molar-refractivity contribution in [2.24, 2.45) is 0 Å². The Hall–Kier alpha value is -3.61. The van der Waals surface area contributed by atoms with E-state index in [-0.39, 0.29) is 28.5 Å². The first-order valence-electron chi connectivity index (χ1n) is 9.73. The first-order chi connectivity index (χ1) is 15.5. The molecule has 160 valence electrons. The van der Waals surface area contributed by atoms with Crippen LogP contribution in [-0.4, -0.2) is 22.1 Å². The summed E-state index contributed by atoms with van der Waals surface area (Å²) in [5.74, 6) is -0.296. The zero-order valence-corrected chi connectivity index (χ0v) is 18.7. The van der Waals surface area contributed by atoms with Gasteiger partial charge in [-0.15, -0.1) is 11.3 Å². The maximum atomic E-state index is 13.3. The minimum atomic E-state index is -0.520. The molecular formula is C23H18N4O3S2. The summed E-state index contributed by atoms with van der Waals surface area (Å²) in [5, 5.41) is 10.8. The van der Waals surface area contributed by atoms with Crippen LogP contribution in [0.5, 0.6) is 0 Å². The third-order valence-corrected chi connectivity index (χ3v) is 6.72. The highest BCUT2D eigenvalue weighted by Gasteiger charge is 2.24. The molecule has 4 aromatic rings. The molecule has 4 rings (SSSR count). The van der Waals surface area contributed by atoms with Gasteiger partial charge in [-0.25, -0.2) is 9.78 Å². The zero-order chi connectivity index (χ0) is 22.7. The van der Waals surface area contributed by atoms with Crippen molar-refractivity contribution in [1.29, 1.82) is 5.26 Å². The Labute approximate surface area is 192 Å². The summed E-state index contributed by atoms with van der Waals surface area (Å²) in [4.78, 5) is 30.7. The van der Waals surface area contributed by atoms with E-state index in [1.165, 1.54) is 11.8 Å². The zero-order valence-electron chi connectivity index (χ0n) is 17.1. The molecule has 0 spiro atoms. The van der Waals surface area contributed by atoms with Gasteiger partial charge in [0.05, 0.1) is 28.8 Å². The highest BCUT2D eigenvalue weighted by Crippen LogP contribution is 2.35. The van der Waals surface area contributed by atoms with E-state index in [1.807, 2.05) is 36.4 Å². The number of thiophene rings is 1. The number of para-hydroxylation sites is 2. The normalized spacial score (nSPS) is 10.8. The molecule has 0 radical (unpaired) electrons. The second-order valence-electron chi connectivity index (χ2n) is 6.66. The molecule has 2 heterocycles. The number of esters is 1. The van der Waals surface area contributed by atoms with Crippen LogP contribution in [0.4, 0.5) is 5.00 Å². The Morgan fingerprint density at radius 2 is 1.94 bits per heavy atom. The molecule has 9 heteroatoms. The van der Waals surface area contributed by atoms with Crippen molar-refractivity contribution in [3.8, 4) is 11.8 Å². The molecule has 2 N–H and O–H groups in total. The van der Waals surface area contributed by atoms with Gasteiger partial charge in [0, 0.05) is 11.3 Å². The standard InChI is InChI=1S/C23H18N4O3S2/c1-2-30-22(29)19-17(16(12-24)20(25)32-19)13-31-23-26-18-11-7-6-10-15(18)21(28)27(23)14-8-4-3-5-9-14/h3-11H,2,13,25H2,1H3. The van der Waals surface area contributed by atoms with E-state index in [0.717, 1.165) is 11.3 Å². The lowest BCUT2D eigenvalue weighted by atomic mass is 10.2. The summed E-state index contributed by atoms with van der Waals surface area (Å²) in [7, 11) is 0. The summed E-state index contributed by atoms with van der Waals surface area (Å²) < 4.78 is 6.67. The largest absolute Gasteiger partial charge is 0.462 e. The quantitative estimate of drug-likeness (QED) is 0.257. The van der Waals surface area contributed by atoms with Gasteiger partial charge in [0.25, 0.3) is 5.56 Å². The van der Waals surface area contributed by atoms with Crippen LogP contribution in [-0.2, 0) is 10.5 Å². The number of benzene rings is 2. The van der Waals surface area contributed by atoms with Crippen LogP contribution in [0.25, 0.3) is 16.6 Å². The van der Waals surface area contributed by atoms with Crippen molar-refractivity contribution in [1.82, 2.24) is 9.55 Å². The molecule has 0 saturated carbocycles. The third-order valence-electron chi connectivity index (χ3n) is 4.71. The second-order valence-corrected chi connectivity index (χ2v) is 8.65. The van der Waals surface area contributed by atoms with E-state index in [1.54, 1.807) is 29.7 Å². The lowest BCUT2D eigenvalue weighted by Gasteiger charge is -2.13. The molecule has 0 fully saturated rings. The van der Waals surface area contributed by atoms with Crippen LogP contribution >= 0.6 is 23.1 Å². The topological polar surface area (TPSA) is 111 Å². The molecule has 0 amide bonds. The van der Waals surface area contributed by atoms with Gasteiger partial charge in [-0.1, -0.05) is 42.1 Å². The second kappa shape index (κ2) is 9.26. The minimum Gasteiger partial charge on any atom is -0.462 e. The summed E-state index contributed by atoms with van der Waals surface area (Å²) in [6.07, 6.45) is 0. The van der Waals surface area contributed by atoms with E-state index < -0.39 is 5.97 Å². The molecule has 0 aliphatic carbocycles. The number of anilines is 1. The van der Waals surface area contributed by atoms with Crippen molar-refractivity contribution in [3.05, 3.63) is 81.0 Å². The van der Waals surface area contributed by atoms with Gasteiger partial charge in [0.15, 0.2) is 5.16 Å². The fourth-order valence-corrected chi connectivity index (χ4v) is 5.32. The summed E-state index contributed by atoms with van der Waals surface area (Å²) >= 11 is 2.29. The van der Waals surface area contributed by atoms with Gasteiger partial charge in [-0.2, -0.15) is 5.26 Å². The Kier molecular flexibility index (Phi) is 6.25. The number of aromatic nitrogens is 2. The van der Waals surface area contributed by atoms with E-state index in [9.17, 15) is 14.9 Å². The number of nitriles is 1. The summed E-state index contributed by atoms with van der Waals surface area (Å²) in [5.41, 5.74) is 7.77. The van der Waals surface area contributed by atoms with Crippen LogP contribution in [0.2, 0.25) is 0 Å². The molecule has 0 aliphatic heterocycles. The number of nitrogen functional groups attached to an aromatic ring is 1. The maximum absolute atomic E-state index is 13.3. The van der Waals surface area contributed by atoms with Crippen molar-refractivity contribution in [2.75, 3.05) is 12.3 Å². The van der Waals surface area contributed by atoms with Crippen molar-refractivity contribution in [2.45, 2.75) is 17.8 Å². The van der Waals surface area contributed by atoms with Gasteiger partial charge in [-0.05, 0) is 31.2 Å². The SMILES string of the molecule is CCOC(=O)c1sc(N)c(C#N)c1CSc1nc2ccccc2c(=O)n1-c1ccccc1. The van der Waals surface area contributed by atoms with Crippen molar-refractivity contribution in [3.63, 3.8) is 0 Å². The molecule has 32 heavy (non-hydrogen) atoms. The molecule has 2 aromatic carbocycles. The molecule has 0 atom stereocenters.